The Morgan fingerprint density at radius 3 is 2.57 bits per heavy atom. The second-order valence-corrected chi connectivity index (χ2v) is 7.57. The predicted molar refractivity (Wildman–Crippen MR) is 105 cm³/mol. The van der Waals surface area contributed by atoms with Gasteiger partial charge in [0.25, 0.3) is 5.91 Å². The average molecular weight is 383 g/mol. The standard InChI is InChI=1S/C20H25N5O3/c1-12-6-7-13(19(26)23-15-8-9-15)10-16(12)25-18(21)17(11-22-25)28-20(27)24-14-4-2-3-5-14/h6-7,10-11,14-15H,2-5,8-9,21H2,1H3,(H,23,26)(H,24,27). The number of hydrogen-bond donors (Lipinski definition) is 3. The summed E-state index contributed by atoms with van der Waals surface area (Å²) in [4.78, 5) is 24.4. The van der Waals surface area contributed by atoms with Crippen LogP contribution in [-0.4, -0.2) is 33.9 Å². The lowest BCUT2D eigenvalue weighted by molar-refractivity contribution is 0.0951. The van der Waals surface area contributed by atoms with E-state index < -0.39 is 6.09 Å². The molecule has 148 valence electrons. The maximum Gasteiger partial charge on any atom is 0.413 e. The van der Waals surface area contributed by atoms with E-state index in [0.717, 1.165) is 44.1 Å². The molecule has 1 aromatic carbocycles. The first kappa shape index (κ1) is 18.3. The number of hydrogen-bond acceptors (Lipinski definition) is 5. The van der Waals surface area contributed by atoms with E-state index in [1.807, 2.05) is 13.0 Å². The van der Waals surface area contributed by atoms with Gasteiger partial charge in [-0.25, -0.2) is 9.48 Å². The number of carbonyl (C=O) groups excluding carboxylic acids is 2. The smallest absolute Gasteiger partial charge is 0.405 e. The maximum atomic E-state index is 12.3. The van der Waals surface area contributed by atoms with Gasteiger partial charge in [-0.3, -0.25) is 4.79 Å². The molecule has 4 rings (SSSR count). The number of aryl methyl sites for hydroxylation is 1. The lowest BCUT2D eigenvalue weighted by Crippen LogP contribution is -2.34. The zero-order valence-corrected chi connectivity index (χ0v) is 15.9. The molecule has 8 heteroatoms. The predicted octanol–water partition coefficient (Wildman–Crippen LogP) is 2.69. The van der Waals surface area contributed by atoms with E-state index >= 15 is 0 Å². The Labute approximate surface area is 163 Å². The van der Waals surface area contributed by atoms with Crippen LogP contribution in [0, 0.1) is 6.92 Å². The number of nitrogens with two attached hydrogens (primary N) is 1. The third kappa shape index (κ3) is 3.95. The second kappa shape index (κ2) is 7.53. The number of amides is 2. The summed E-state index contributed by atoms with van der Waals surface area (Å²) in [5, 5.41) is 10.1. The van der Waals surface area contributed by atoms with Crippen LogP contribution in [0.4, 0.5) is 10.6 Å². The van der Waals surface area contributed by atoms with Crippen molar-refractivity contribution in [3.8, 4) is 11.4 Å². The van der Waals surface area contributed by atoms with E-state index in [2.05, 4.69) is 15.7 Å². The van der Waals surface area contributed by atoms with Gasteiger partial charge in [-0.05, 0) is 50.3 Å². The van der Waals surface area contributed by atoms with Gasteiger partial charge < -0.3 is 21.1 Å². The van der Waals surface area contributed by atoms with Crippen LogP contribution in [0.1, 0.15) is 54.4 Å². The molecule has 1 aromatic heterocycles. The molecule has 2 aliphatic rings. The molecule has 4 N–H and O–H groups in total. The van der Waals surface area contributed by atoms with Crippen molar-refractivity contribution in [1.29, 1.82) is 0 Å². The van der Waals surface area contributed by atoms with E-state index in [4.69, 9.17) is 10.5 Å². The van der Waals surface area contributed by atoms with Gasteiger partial charge in [-0.2, -0.15) is 5.10 Å². The summed E-state index contributed by atoms with van der Waals surface area (Å²) in [5.41, 5.74) is 8.29. The molecule has 0 atom stereocenters. The van der Waals surface area contributed by atoms with Gasteiger partial charge in [-0.15, -0.1) is 0 Å². The fraction of sp³-hybridized carbons (Fsp3) is 0.450. The van der Waals surface area contributed by atoms with Gasteiger partial charge in [0.2, 0.25) is 0 Å². The lowest BCUT2D eigenvalue weighted by atomic mass is 10.1. The highest BCUT2D eigenvalue weighted by molar-refractivity contribution is 5.95. The van der Waals surface area contributed by atoms with E-state index in [9.17, 15) is 9.59 Å². The van der Waals surface area contributed by atoms with Crippen LogP contribution in [0.3, 0.4) is 0 Å². The van der Waals surface area contributed by atoms with Crippen LogP contribution >= 0.6 is 0 Å². The largest absolute Gasteiger partial charge is 0.413 e. The van der Waals surface area contributed by atoms with Crippen molar-refractivity contribution in [3.05, 3.63) is 35.5 Å². The number of nitrogens with zero attached hydrogens (tertiary/aromatic N) is 2. The number of benzene rings is 1. The van der Waals surface area contributed by atoms with E-state index in [0.29, 0.717) is 11.3 Å². The first-order valence-electron chi connectivity index (χ1n) is 9.75. The fourth-order valence-electron chi connectivity index (χ4n) is 3.45. The molecule has 2 fully saturated rings. The molecule has 0 saturated heterocycles. The first-order chi connectivity index (χ1) is 13.5. The number of carbonyl (C=O) groups is 2. The molecule has 1 heterocycles. The minimum atomic E-state index is -0.521. The Kier molecular flexibility index (Phi) is 4.93. The topological polar surface area (TPSA) is 111 Å². The monoisotopic (exact) mass is 383 g/mol. The molecule has 8 nitrogen and oxygen atoms in total. The van der Waals surface area contributed by atoms with Gasteiger partial charge >= 0.3 is 6.09 Å². The van der Waals surface area contributed by atoms with Crippen LogP contribution in [0.5, 0.6) is 5.75 Å². The molecule has 2 aromatic rings. The normalized spacial score (nSPS) is 16.8. The van der Waals surface area contributed by atoms with Gasteiger partial charge in [0.15, 0.2) is 11.6 Å². The number of anilines is 1. The van der Waals surface area contributed by atoms with Gasteiger partial charge in [0.1, 0.15) is 0 Å². The van der Waals surface area contributed by atoms with Crippen LogP contribution in [0.15, 0.2) is 24.4 Å². The summed E-state index contributed by atoms with van der Waals surface area (Å²) in [6.07, 6.45) is 7.13. The van der Waals surface area contributed by atoms with Crippen molar-refractivity contribution in [3.63, 3.8) is 0 Å². The zero-order valence-electron chi connectivity index (χ0n) is 15.9. The highest BCUT2D eigenvalue weighted by atomic mass is 16.6. The van der Waals surface area contributed by atoms with E-state index in [1.54, 1.807) is 12.1 Å². The molecular formula is C20H25N5O3. The average Bonchev–Trinajstić information content (AvgIpc) is 3.20. The van der Waals surface area contributed by atoms with Gasteiger partial charge in [-0.1, -0.05) is 18.9 Å². The third-order valence-corrected chi connectivity index (χ3v) is 5.26. The molecule has 2 saturated carbocycles. The maximum absolute atomic E-state index is 12.3. The molecule has 0 spiro atoms. The minimum absolute atomic E-state index is 0.109. The Morgan fingerprint density at radius 1 is 1.14 bits per heavy atom. The number of ether oxygens (including phenoxy) is 1. The number of aromatic nitrogens is 2. The third-order valence-electron chi connectivity index (χ3n) is 5.26. The van der Waals surface area contributed by atoms with Crippen LogP contribution < -0.4 is 21.1 Å². The van der Waals surface area contributed by atoms with Gasteiger partial charge in [0, 0.05) is 17.6 Å². The van der Waals surface area contributed by atoms with Crippen molar-refractivity contribution in [2.45, 2.75) is 57.5 Å². The molecule has 2 amide bonds. The number of nitrogen functional groups attached to an aromatic ring is 1. The van der Waals surface area contributed by atoms with Gasteiger partial charge in [0.05, 0.1) is 11.9 Å². The molecule has 28 heavy (non-hydrogen) atoms. The summed E-state index contributed by atoms with van der Waals surface area (Å²) < 4.78 is 6.84. The molecule has 0 radical (unpaired) electrons. The van der Waals surface area contributed by atoms with Crippen molar-refractivity contribution in [2.24, 2.45) is 0 Å². The Hall–Kier alpha value is -3.03. The Balaban J connectivity index is 1.51. The summed E-state index contributed by atoms with van der Waals surface area (Å²) in [6.45, 7) is 1.91. The minimum Gasteiger partial charge on any atom is -0.405 e. The Morgan fingerprint density at radius 2 is 1.86 bits per heavy atom. The van der Waals surface area contributed by atoms with Crippen molar-refractivity contribution in [2.75, 3.05) is 5.73 Å². The van der Waals surface area contributed by atoms with Crippen molar-refractivity contribution in [1.82, 2.24) is 20.4 Å². The second-order valence-electron chi connectivity index (χ2n) is 7.57. The zero-order chi connectivity index (χ0) is 19.7. The molecule has 0 aliphatic heterocycles. The highest BCUT2D eigenvalue weighted by Gasteiger charge is 2.24. The number of rotatable bonds is 5. The van der Waals surface area contributed by atoms with Crippen LogP contribution in [0.25, 0.3) is 5.69 Å². The molecule has 0 unspecified atom stereocenters. The van der Waals surface area contributed by atoms with Crippen LogP contribution in [0.2, 0.25) is 0 Å². The lowest BCUT2D eigenvalue weighted by Gasteiger charge is -2.12. The van der Waals surface area contributed by atoms with Crippen molar-refractivity contribution < 1.29 is 14.3 Å². The van der Waals surface area contributed by atoms with Crippen molar-refractivity contribution >= 4 is 17.8 Å². The summed E-state index contributed by atoms with van der Waals surface area (Å²) in [7, 11) is 0. The number of nitrogens with one attached hydrogen (secondary N) is 2. The molecular weight excluding hydrogens is 358 g/mol. The Bertz CT molecular complexity index is 897. The quantitative estimate of drug-likeness (QED) is 0.735. The van der Waals surface area contributed by atoms with E-state index in [-0.39, 0.29) is 29.6 Å². The molecule has 2 aliphatic carbocycles. The van der Waals surface area contributed by atoms with Crippen LogP contribution in [-0.2, 0) is 0 Å². The van der Waals surface area contributed by atoms with E-state index in [1.165, 1.54) is 10.9 Å². The highest BCUT2D eigenvalue weighted by Crippen LogP contribution is 2.27. The summed E-state index contributed by atoms with van der Waals surface area (Å²) >= 11 is 0. The summed E-state index contributed by atoms with van der Waals surface area (Å²) in [5.74, 6) is 0.300. The first-order valence-corrected chi connectivity index (χ1v) is 9.75. The summed E-state index contributed by atoms with van der Waals surface area (Å²) in [6, 6.07) is 5.82. The SMILES string of the molecule is Cc1ccc(C(=O)NC2CC2)cc1-n1ncc(OC(=O)NC2CCCC2)c1N. The molecule has 0 bridgehead atoms. The fourth-order valence-corrected chi connectivity index (χ4v) is 3.45.